The molecule has 0 unspecified atom stereocenters. The van der Waals surface area contributed by atoms with E-state index in [1.807, 2.05) is 10.7 Å². The van der Waals surface area contributed by atoms with Crippen LogP contribution in [0.5, 0.6) is 0 Å². The highest BCUT2D eigenvalue weighted by atomic mass is 32.1. The van der Waals surface area contributed by atoms with Crippen LogP contribution in [0.25, 0.3) is 17.1 Å². The Balaban J connectivity index is 1.77. The zero-order valence-electron chi connectivity index (χ0n) is 17.7. The number of para-hydroxylation sites is 1. The first-order valence-electron chi connectivity index (χ1n) is 10.6. The van der Waals surface area contributed by atoms with E-state index in [0.717, 1.165) is 28.5 Å². The van der Waals surface area contributed by atoms with Gasteiger partial charge in [-0.3, -0.25) is 4.57 Å². The molecule has 1 aliphatic heterocycles. The van der Waals surface area contributed by atoms with Gasteiger partial charge in [-0.25, -0.2) is 0 Å². The Morgan fingerprint density at radius 2 is 1.59 bits per heavy atom. The second-order valence-electron chi connectivity index (χ2n) is 9.07. The SMILES string of the molecule is CC(C)(C)c1ccc(-c2nn(C[NH+]3CCCCC3)c(=S)n2-c2ccccc2)cc1. The summed E-state index contributed by atoms with van der Waals surface area (Å²) in [7, 11) is 0. The predicted molar refractivity (Wildman–Crippen MR) is 121 cm³/mol. The first-order valence-corrected chi connectivity index (χ1v) is 11.0. The van der Waals surface area contributed by atoms with Gasteiger partial charge in [0.05, 0.1) is 13.1 Å². The third-order valence-corrected chi connectivity index (χ3v) is 6.19. The van der Waals surface area contributed by atoms with E-state index in [9.17, 15) is 0 Å². The molecule has 0 radical (unpaired) electrons. The van der Waals surface area contributed by atoms with Crippen LogP contribution in [0.3, 0.4) is 0 Å². The van der Waals surface area contributed by atoms with Crippen LogP contribution >= 0.6 is 12.2 Å². The van der Waals surface area contributed by atoms with E-state index in [-0.39, 0.29) is 5.41 Å². The summed E-state index contributed by atoms with van der Waals surface area (Å²) in [4.78, 5) is 1.57. The number of quaternary nitrogens is 1. The van der Waals surface area contributed by atoms with Crippen molar-refractivity contribution in [3.8, 4) is 17.1 Å². The number of aromatic nitrogens is 3. The largest absolute Gasteiger partial charge is 0.316 e. The molecule has 2 heterocycles. The van der Waals surface area contributed by atoms with Gasteiger partial charge in [-0.15, -0.1) is 5.10 Å². The number of hydrogen-bond acceptors (Lipinski definition) is 2. The van der Waals surface area contributed by atoms with Crippen molar-refractivity contribution in [1.29, 1.82) is 0 Å². The minimum atomic E-state index is 0.133. The van der Waals surface area contributed by atoms with E-state index in [1.54, 1.807) is 4.90 Å². The molecule has 5 heteroatoms. The summed E-state index contributed by atoms with van der Waals surface area (Å²) in [5, 5.41) is 5.00. The van der Waals surface area contributed by atoms with E-state index in [1.165, 1.54) is 37.9 Å². The van der Waals surface area contributed by atoms with Gasteiger partial charge >= 0.3 is 0 Å². The summed E-state index contributed by atoms with van der Waals surface area (Å²) in [6.45, 7) is 9.97. The molecule has 1 saturated heterocycles. The molecule has 1 aromatic heterocycles. The van der Waals surface area contributed by atoms with Gasteiger partial charge in [0.1, 0.15) is 0 Å². The Bertz CT molecular complexity index is 1000. The van der Waals surface area contributed by atoms with Crippen molar-refractivity contribution in [2.45, 2.75) is 52.1 Å². The van der Waals surface area contributed by atoms with Crippen LogP contribution in [-0.4, -0.2) is 27.4 Å². The van der Waals surface area contributed by atoms with Crippen LogP contribution in [0.4, 0.5) is 0 Å². The number of nitrogens with zero attached hydrogens (tertiary/aromatic N) is 3. The fourth-order valence-electron chi connectivity index (χ4n) is 4.05. The molecule has 0 bridgehead atoms. The normalized spacial score (nSPS) is 15.6. The minimum Gasteiger partial charge on any atom is -0.316 e. The lowest BCUT2D eigenvalue weighted by Crippen LogP contribution is -3.12. The van der Waals surface area contributed by atoms with Crippen molar-refractivity contribution in [2.75, 3.05) is 13.1 Å². The van der Waals surface area contributed by atoms with Gasteiger partial charge in [-0.1, -0.05) is 63.2 Å². The number of nitrogens with one attached hydrogen (secondary N) is 1. The van der Waals surface area contributed by atoms with E-state index >= 15 is 0 Å². The first-order chi connectivity index (χ1) is 13.9. The Morgan fingerprint density at radius 1 is 0.931 bits per heavy atom. The van der Waals surface area contributed by atoms with Crippen LogP contribution in [0.15, 0.2) is 54.6 Å². The fraction of sp³-hybridized carbons (Fsp3) is 0.417. The topological polar surface area (TPSA) is 27.2 Å². The molecule has 152 valence electrons. The van der Waals surface area contributed by atoms with Crippen LogP contribution < -0.4 is 4.90 Å². The molecule has 1 fully saturated rings. The van der Waals surface area contributed by atoms with Crippen LogP contribution in [-0.2, 0) is 12.1 Å². The molecular weight excluding hydrogens is 376 g/mol. The highest BCUT2D eigenvalue weighted by molar-refractivity contribution is 7.71. The van der Waals surface area contributed by atoms with Gasteiger partial charge in [0.15, 0.2) is 12.5 Å². The van der Waals surface area contributed by atoms with Crippen LogP contribution in [0.1, 0.15) is 45.6 Å². The third-order valence-electron chi connectivity index (χ3n) is 5.80. The van der Waals surface area contributed by atoms with Crippen molar-refractivity contribution < 1.29 is 4.90 Å². The zero-order chi connectivity index (χ0) is 20.4. The quantitative estimate of drug-likeness (QED) is 0.649. The van der Waals surface area contributed by atoms with Gasteiger partial charge in [0, 0.05) is 11.3 Å². The summed E-state index contributed by atoms with van der Waals surface area (Å²) in [5.41, 5.74) is 3.62. The monoisotopic (exact) mass is 407 g/mol. The smallest absolute Gasteiger partial charge is 0.207 e. The third kappa shape index (κ3) is 4.36. The second-order valence-corrected chi connectivity index (χ2v) is 9.44. The summed E-state index contributed by atoms with van der Waals surface area (Å²) in [6.07, 6.45) is 3.94. The molecule has 4 nitrogen and oxygen atoms in total. The number of hydrogen-bond donors (Lipinski definition) is 1. The Hall–Kier alpha value is -2.24. The Kier molecular flexibility index (Phi) is 5.70. The molecule has 0 atom stereocenters. The predicted octanol–water partition coefficient (Wildman–Crippen LogP) is 4.39. The number of rotatable bonds is 4. The van der Waals surface area contributed by atoms with Crippen molar-refractivity contribution in [3.63, 3.8) is 0 Å². The Morgan fingerprint density at radius 3 is 2.21 bits per heavy atom. The maximum atomic E-state index is 5.90. The van der Waals surface area contributed by atoms with Crippen molar-refractivity contribution in [2.24, 2.45) is 0 Å². The number of piperidine rings is 1. The average molecular weight is 408 g/mol. The van der Waals surface area contributed by atoms with E-state index in [4.69, 9.17) is 17.3 Å². The standard InChI is InChI=1S/C24H30N4S/c1-24(2,3)20-14-12-19(13-15-20)22-25-27(18-26-16-8-5-9-17-26)23(29)28(22)21-10-6-4-7-11-21/h4,6-7,10-15H,5,8-9,16-18H2,1-3H3/p+1. The van der Waals surface area contributed by atoms with Gasteiger partial charge in [0.2, 0.25) is 4.77 Å². The van der Waals surface area contributed by atoms with Crippen molar-refractivity contribution >= 4 is 12.2 Å². The van der Waals surface area contributed by atoms with E-state index < -0.39 is 0 Å². The van der Waals surface area contributed by atoms with Crippen molar-refractivity contribution in [3.05, 3.63) is 64.9 Å². The van der Waals surface area contributed by atoms with Crippen LogP contribution in [0.2, 0.25) is 0 Å². The summed E-state index contributed by atoms with van der Waals surface area (Å²) >= 11 is 5.90. The van der Waals surface area contributed by atoms with Gasteiger partial charge < -0.3 is 4.90 Å². The van der Waals surface area contributed by atoms with Gasteiger partial charge in [0.25, 0.3) is 0 Å². The molecule has 1 N–H and O–H groups in total. The molecule has 0 amide bonds. The Labute approximate surface area is 178 Å². The lowest BCUT2D eigenvalue weighted by Gasteiger charge is -2.22. The highest BCUT2D eigenvalue weighted by Gasteiger charge is 2.20. The molecule has 3 aromatic rings. The molecule has 2 aromatic carbocycles. The molecular formula is C24H31N4S+. The highest BCUT2D eigenvalue weighted by Crippen LogP contribution is 2.27. The summed E-state index contributed by atoms with van der Waals surface area (Å²) < 4.78 is 4.91. The first kappa shape index (κ1) is 20.0. The van der Waals surface area contributed by atoms with E-state index in [0.29, 0.717) is 0 Å². The second kappa shape index (κ2) is 8.25. The lowest BCUT2D eigenvalue weighted by molar-refractivity contribution is -0.928. The number of benzene rings is 2. The molecule has 1 aliphatic rings. The summed E-state index contributed by atoms with van der Waals surface area (Å²) in [6, 6.07) is 19.1. The van der Waals surface area contributed by atoms with Gasteiger partial charge in [-0.2, -0.15) is 4.68 Å². The maximum absolute atomic E-state index is 5.90. The lowest BCUT2D eigenvalue weighted by atomic mass is 9.87. The molecule has 0 aliphatic carbocycles. The average Bonchev–Trinajstić information content (AvgIpc) is 3.05. The van der Waals surface area contributed by atoms with E-state index in [2.05, 4.69) is 73.9 Å². The van der Waals surface area contributed by atoms with Crippen LogP contribution in [0, 0.1) is 4.77 Å². The maximum Gasteiger partial charge on any atom is 0.207 e. The van der Waals surface area contributed by atoms with Crippen molar-refractivity contribution in [1.82, 2.24) is 14.3 Å². The zero-order valence-corrected chi connectivity index (χ0v) is 18.5. The molecule has 4 rings (SSSR count). The fourth-order valence-corrected chi connectivity index (χ4v) is 4.35. The molecule has 29 heavy (non-hydrogen) atoms. The molecule has 0 spiro atoms. The summed E-state index contributed by atoms with van der Waals surface area (Å²) in [5.74, 6) is 0.915. The minimum absolute atomic E-state index is 0.133. The molecule has 0 saturated carbocycles. The number of likely N-dealkylation sites (tertiary alicyclic amines) is 1. The van der Waals surface area contributed by atoms with Gasteiger partial charge in [-0.05, 0) is 54.6 Å².